The van der Waals surface area contributed by atoms with Crippen molar-refractivity contribution in [2.75, 3.05) is 46.6 Å². The van der Waals surface area contributed by atoms with E-state index in [4.69, 9.17) is 14.6 Å². The molecule has 18 heavy (non-hydrogen) atoms. The Hall–Kier alpha value is -0.650. The summed E-state index contributed by atoms with van der Waals surface area (Å²) in [6.45, 7) is 5.31. The zero-order valence-corrected chi connectivity index (χ0v) is 11.7. The Morgan fingerprint density at radius 3 is 2.61 bits per heavy atom. The van der Waals surface area contributed by atoms with Crippen LogP contribution in [0.2, 0.25) is 0 Å². The van der Waals surface area contributed by atoms with Crippen LogP contribution in [-0.2, 0) is 14.3 Å². The zero-order chi connectivity index (χ0) is 13.6. The van der Waals surface area contributed by atoms with Crippen molar-refractivity contribution < 1.29 is 19.4 Å². The van der Waals surface area contributed by atoms with Gasteiger partial charge >= 0.3 is 5.97 Å². The fourth-order valence-electron chi connectivity index (χ4n) is 1.56. The van der Waals surface area contributed by atoms with Crippen LogP contribution in [-0.4, -0.2) is 62.5 Å². The van der Waals surface area contributed by atoms with E-state index in [-0.39, 0.29) is 12.6 Å². The first-order valence-corrected chi connectivity index (χ1v) is 6.73. The Kier molecular flexibility index (Phi) is 12.3. The fourth-order valence-corrected chi connectivity index (χ4v) is 1.56. The van der Waals surface area contributed by atoms with Crippen LogP contribution in [0.1, 0.15) is 32.6 Å². The summed E-state index contributed by atoms with van der Waals surface area (Å²) in [4.78, 5) is 13.3. The number of carbonyl (C=O) groups is 1. The van der Waals surface area contributed by atoms with E-state index in [1.165, 1.54) is 0 Å². The van der Waals surface area contributed by atoms with Crippen molar-refractivity contribution in [2.45, 2.75) is 32.6 Å². The maximum atomic E-state index is 11.1. The van der Waals surface area contributed by atoms with Crippen molar-refractivity contribution in [2.24, 2.45) is 0 Å². The van der Waals surface area contributed by atoms with Gasteiger partial charge < -0.3 is 19.5 Å². The maximum Gasteiger partial charge on any atom is 0.305 e. The number of esters is 1. The lowest BCUT2D eigenvalue weighted by Gasteiger charge is -2.16. The molecule has 0 spiro atoms. The molecule has 0 rings (SSSR count). The number of hydrogen-bond donors (Lipinski definition) is 1. The number of aliphatic hydroxyl groups excluding tert-OH is 1. The highest BCUT2D eigenvalue weighted by molar-refractivity contribution is 5.69. The van der Waals surface area contributed by atoms with E-state index in [9.17, 15) is 4.79 Å². The third kappa shape index (κ3) is 11.8. The summed E-state index contributed by atoms with van der Waals surface area (Å²) in [5, 5.41) is 8.54. The normalized spacial score (nSPS) is 10.9. The first-order valence-electron chi connectivity index (χ1n) is 6.73. The van der Waals surface area contributed by atoms with E-state index in [0.29, 0.717) is 26.2 Å². The minimum absolute atomic E-state index is 0.0809. The molecule has 0 bridgehead atoms. The van der Waals surface area contributed by atoms with Gasteiger partial charge in [0, 0.05) is 13.0 Å². The molecule has 1 N–H and O–H groups in total. The van der Waals surface area contributed by atoms with Gasteiger partial charge in [-0.1, -0.05) is 6.42 Å². The monoisotopic (exact) mass is 261 g/mol. The van der Waals surface area contributed by atoms with Gasteiger partial charge in [-0.15, -0.1) is 0 Å². The van der Waals surface area contributed by atoms with Crippen molar-refractivity contribution in [3.8, 4) is 0 Å². The van der Waals surface area contributed by atoms with Crippen molar-refractivity contribution in [3.05, 3.63) is 0 Å². The third-order valence-corrected chi connectivity index (χ3v) is 2.58. The topological polar surface area (TPSA) is 59.0 Å². The smallest absolute Gasteiger partial charge is 0.305 e. The van der Waals surface area contributed by atoms with Crippen LogP contribution in [0, 0.1) is 0 Å². The van der Waals surface area contributed by atoms with Crippen molar-refractivity contribution in [3.63, 3.8) is 0 Å². The Balaban J connectivity index is 3.24. The molecule has 0 saturated heterocycles. The highest BCUT2D eigenvalue weighted by Gasteiger charge is 2.02. The first kappa shape index (κ1) is 17.4. The van der Waals surface area contributed by atoms with Crippen molar-refractivity contribution in [1.82, 2.24) is 4.90 Å². The van der Waals surface area contributed by atoms with E-state index < -0.39 is 0 Å². The summed E-state index contributed by atoms with van der Waals surface area (Å²) in [5.41, 5.74) is 0. The van der Waals surface area contributed by atoms with Crippen LogP contribution in [0.25, 0.3) is 0 Å². The average molecular weight is 261 g/mol. The number of likely N-dealkylation sites (N-methyl/N-ethyl adjacent to an activating group) is 1. The lowest BCUT2D eigenvalue weighted by molar-refractivity contribution is -0.143. The highest BCUT2D eigenvalue weighted by Crippen LogP contribution is 2.02. The average Bonchev–Trinajstić information content (AvgIpc) is 2.34. The Labute approximate surface area is 110 Å². The van der Waals surface area contributed by atoms with Crippen molar-refractivity contribution >= 4 is 5.97 Å². The number of hydrogen-bond acceptors (Lipinski definition) is 5. The van der Waals surface area contributed by atoms with Gasteiger partial charge in [0.15, 0.2) is 0 Å². The SMILES string of the molecule is CCOC(=O)CCCCCN(C)CCOCCO. The molecule has 0 amide bonds. The summed E-state index contributed by atoms with van der Waals surface area (Å²) in [7, 11) is 2.05. The van der Waals surface area contributed by atoms with E-state index >= 15 is 0 Å². The molecule has 0 fully saturated rings. The molecule has 0 aromatic heterocycles. The maximum absolute atomic E-state index is 11.1. The molecule has 0 atom stereocenters. The van der Waals surface area contributed by atoms with E-state index in [2.05, 4.69) is 4.90 Å². The van der Waals surface area contributed by atoms with Gasteiger partial charge in [0.05, 0.1) is 26.4 Å². The van der Waals surface area contributed by atoms with E-state index in [1.807, 2.05) is 14.0 Å². The standard InChI is InChI=1S/C13H27NO4/c1-3-18-13(16)7-5-4-6-8-14(2)9-11-17-12-10-15/h15H,3-12H2,1-2H3. The highest BCUT2D eigenvalue weighted by atomic mass is 16.5. The lowest BCUT2D eigenvalue weighted by atomic mass is 10.2. The number of aliphatic hydroxyl groups is 1. The summed E-state index contributed by atoms with van der Waals surface area (Å²) < 4.78 is 10.0. The number of nitrogens with zero attached hydrogens (tertiary/aromatic N) is 1. The predicted molar refractivity (Wildman–Crippen MR) is 70.5 cm³/mol. The molecule has 0 saturated carbocycles. The second-order valence-electron chi connectivity index (χ2n) is 4.25. The molecule has 0 aliphatic carbocycles. The van der Waals surface area contributed by atoms with Gasteiger partial charge in [0.2, 0.25) is 0 Å². The van der Waals surface area contributed by atoms with Gasteiger partial charge in [-0.05, 0) is 33.4 Å². The Morgan fingerprint density at radius 2 is 1.94 bits per heavy atom. The largest absolute Gasteiger partial charge is 0.466 e. The van der Waals surface area contributed by atoms with Gasteiger partial charge in [-0.25, -0.2) is 0 Å². The van der Waals surface area contributed by atoms with Crippen LogP contribution in [0.5, 0.6) is 0 Å². The van der Waals surface area contributed by atoms with Crippen molar-refractivity contribution in [1.29, 1.82) is 0 Å². The second-order valence-corrected chi connectivity index (χ2v) is 4.25. The molecule has 0 aliphatic rings. The molecule has 108 valence electrons. The molecular formula is C13H27NO4. The molecule has 5 heteroatoms. The quantitative estimate of drug-likeness (QED) is 0.420. The molecule has 0 unspecified atom stereocenters. The summed E-state index contributed by atoms with van der Waals surface area (Å²) in [5.74, 6) is -0.0942. The number of rotatable bonds is 12. The first-order chi connectivity index (χ1) is 8.70. The van der Waals surface area contributed by atoms with Crippen LogP contribution in [0.4, 0.5) is 0 Å². The predicted octanol–water partition coefficient (Wildman–Crippen LogP) is 1.05. The van der Waals surface area contributed by atoms with Gasteiger partial charge in [0.25, 0.3) is 0 Å². The van der Waals surface area contributed by atoms with Gasteiger partial charge in [-0.3, -0.25) is 4.79 Å². The Morgan fingerprint density at radius 1 is 1.17 bits per heavy atom. The molecule has 0 aromatic rings. The Bertz CT molecular complexity index is 199. The molecule has 0 aliphatic heterocycles. The molecule has 0 heterocycles. The summed E-state index contributed by atoms with van der Waals surface area (Å²) in [6.07, 6.45) is 3.54. The summed E-state index contributed by atoms with van der Waals surface area (Å²) >= 11 is 0. The molecule has 0 radical (unpaired) electrons. The number of carbonyl (C=O) groups excluding carboxylic acids is 1. The third-order valence-electron chi connectivity index (χ3n) is 2.58. The minimum atomic E-state index is -0.0942. The molecule has 5 nitrogen and oxygen atoms in total. The fraction of sp³-hybridized carbons (Fsp3) is 0.923. The van der Waals surface area contributed by atoms with E-state index in [1.54, 1.807) is 0 Å². The number of ether oxygens (including phenoxy) is 2. The van der Waals surface area contributed by atoms with Crippen LogP contribution in [0.3, 0.4) is 0 Å². The van der Waals surface area contributed by atoms with Crippen LogP contribution < -0.4 is 0 Å². The minimum Gasteiger partial charge on any atom is -0.466 e. The number of unbranched alkanes of at least 4 members (excludes halogenated alkanes) is 2. The second kappa shape index (κ2) is 12.8. The summed E-state index contributed by atoms with van der Waals surface area (Å²) in [6, 6.07) is 0. The van der Waals surface area contributed by atoms with Gasteiger partial charge in [0.1, 0.15) is 0 Å². The zero-order valence-electron chi connectivity index (χ0n) is 11.7. The van der Waals surface area contributed by atoms with Crippen LogP contribution >= 0.6 is 0 Å². The van der Waals surface area contributed by atoms with Gasteiger partial charge in [-0.2, -0.15) is 0 Å². The lowest BCUT2D eigenvalue weighted by Crippen LogP contribution is -2.24. The molecule has 0 aromatic carbocycles. The van der Waals surface area contributed by atoms with Crippen LogP contribution in [0.15, 0.2) is 0 Å². The molecular weight excluding hydrogens is 234 g/mol. The van der Waals surface area contributed by atoms with E-state index in [0.717, 1.165) is 32.4 Å².